The first-order valence-electron chi connectivity index (χ1n) is 20.5. The smallest absolute Gasteiger partial charge is 0.417 e. The van der Waals surface area contributed by atoms with Crippen LogP contribution in [-0.2, 0) is 40.3 Å². The average molecular weight is 1010 g/mol. The lowest BCUT2D eigenvalue weighted by atomic mass is 10.2. The molecule has 0 saturated heterocycles. The number of nitrogens with zero attached hydrogens (tertiary/aromatic N) is 1. The van der Waals surface area contributed by atoms with E-state index in [1.807, 2.05) is 37.4 Å². The maximum Gasteiger partial charge on any atom is 0.417 e. The summed E-state index contributed by atoms with van der Waals surface area (Å²) in [6.45, 7) is 23.0. The summed E-state index contributed by atoms with van der Waals surface area (Å²) in [7, 11) is -8.02. The monoisotopic (exact) mass is 1010 g/mol. The minimum Gasteiger partial charge on any atom is -0.489 e. The lowest BCUT2D eigenvalue weighted by Gasteiger charge is -2.41. The van der Waals surface area contributed by atoms with Crippen LogP contribution >= 0.6 is 10.7 Å². The van der Waals surface area contributed by atoms with Crippen molar-refractivity contribution in [2.24, 2.45) is 0 Å². The highest BCUT2D eigenvalue weighted by atomic mass is 35.7. The summed E-state index contributed by atoms with van der Waals surface area (Å²) in [5, 5.41) is 3.63. The first kappa shape index (κ1) is 53.8. The summed E-state index contributed by atoms with van der Waals surface area (Å²) in [6, 6.07) is 21.9. The maximum atomic E-state index is 13.7. The lowest BCUT2D eigenvalue weighted by molar-refractivity contribution is -0.140. The number of rotatable bonds is 9. The fourth-order valence-electron chi connectivity index (χ4n) is 5.90. The van der Waals surface area contributed by atoms with Gasteiger partial charge in [-0.1, -0.05) is 90.1 Å². The molecule has 2 aliphatic heterocycles. The van der Waals surface area contributed by atoms with Crippen LogP contribution in [0.2, 0.25) is 36.3 Å². The van der Waals surface area contributed by atoms with Crippen LogP contribution in [0, 0.1) is 0 Å². The normalized spacial score (nSPS) is 17.1. The Balaban J connectivity index is 0.000000237. The van der Waals surface area contributed by atoms with Gasteiger partial charge in [-0.3, -0.25) is 4.31 Å². The highest BCUT2D eigenvalue weighted by Crippen LogP contribution is 2.43. The molecule has 2 unspecified atom stereocenters. The van der Waals surface area contributed by atoms with E-state index in [1.165, 1.54) is 24.3 Å². The Bertz CT molecular complexity index is 2480. The van der Waals surface area contributed by atoms with Crippen LogP contribution in [0.1, 0.15) is 52.7 Å². The highest BCUT2D eigenvalue weighted by molar-refractivity contribution is 8.13. The molecule has 360 valence electrons. The van der Waals surface area contributed by atoms with Gasteiger partial charge in [0, 0.05) is 10.7 Å². The molecule has 0 fully saturated rings. The molecule has 2 heterocycles. The summed E-state index contributed by atoms with van der Waals surface area (Å²) in [5.74, 6) is 1.23. The summed E-state index contributed by atoms with van der Waals surface area (Å²) >= 11 is 0. The quantitative estimate of drug-likeness (QED) is 0.0992. The predicted molar refractivity (Wildman–Crippen MR) is 247 cm³/mol. The second kappa shape index (κ2) is 20.2. The van der Waals surface area contributed by atoms with Crippen molar-refractivity contribution in [3.63, 3.8) is 0 Å². The van der Waals surface area contributed by atoms with Gasteiger partial charge in [-0.2, -0.15) is 26.3 Å². The average Bonchev–Trinajstić information content (AvgIpc) is 3.20. The Kier molecular flexibility index (Phi) is 16.7. The number of hydrogen-bond acceptors (Lipinski definition) is 9. The number of nitrogens with one attached hydrogen (secondary N) is 1. The van der Waals surface area contributed by atoms with Crippen molar-refractivity contribution < 1.29 is 61.5 Å². The minimum absolute atomic E-state index is 0.0121. The SMILES string of the molecule is CC(C)(C)[Si](C)(C)OCC1COc2ccccc2N1.CC(C)(C)[Si](C)(C)OCC1COc2ccccc2N1S(=O)(=O)c1ccccc1C(F)(F)F.O=S(=O)(Cl)c1ccccc1C(F)(F)F. The molecule has 0 aliphatic carbocycles. The van der Waals surface area contributed by atoms with Crippen molar-refractivity contribution in [3.8, 4) is 11.5 Å². The van der Waals surface area contributed by atoms with Crippen LogP contribution in [0.15, 0.2) is 107 Å². The van der Waals surface area contributed by atoms with Crippen LogP contribution in [-0.4, -0.2) is 72.0 Å². The molecule has 0 saturated carbocycles. The van der Waals surface area contributed by atoms with E-state index >= 15 is 0 Å². The zero-order valence-electron chi connectivity index (χ0n) is 37.9. The van der Waals surface area contributed by atoms with Crippen molar-refractivity contribution in [1.29, 1.82) is 0 Å². The maximum absolute atomic E-state index is 13.7. The van der Waals surface area contributed by atoms with Gasteiger partial charge in [0.1, 0.15) is 30.8 Å². The highest BCUT2D eigenvalue weighted by Gasteiger charge is 2.45. The molecule has 0 aromatic heterocycles. The van der Waals surface area contributed by atoms with E-state index in [9.17, 15) is 43.2 Å². The van der Waals surface area contributed by atoms with E-state index in [0.29, 0.717) is 25.0 Å². The van der Waals surface area contributed by atoms with Crippen molar-refractivity contribution >= 4 is 57.8 Å². The molecule has 0 amide bonds. The summed E-state index contributed by atoms with van der Waals surface area (Å²) in [4.78, 5) is -1.71. The zero-order chi connectivity index (χ0) is 49.0. The molecule has 0 radical (unpaired) electrons. The number of para-hydroxylation sites is 4. The fraction of sp³-hybridized carbons (Fsp3) is 0.455. The van der Waals surface area contributed by atoms with Gasteiger partial charge in [0.05, 0.1) is 51.5 Å². The third-order valence-electron chi connectivity index (χ3n) is 11.6. The summed E-state index contributed by atoms with van der Waals surface area (Å²) < 4.78 is 152. The van der Waals surface area contributed by atoms with E-state index < -0.39 is 75.0 Å². The van der Waals surface area contributed by atoms with Crippen molar-refractivity contribution in [3.05, 3.63) is 108 Å². The first-order chi connectivity index (χ1) is 29.7. The third kappa shape index (κ3) is 13.7. The van der Waals surface area contributed by atoms with Gasteiger partial charge in [-0.15, -0.1) is 0 Å². The molecule has 4 aromatic carbocycles. The largest absolute Gasteiger partial charge is 0.489 e. The number of fused-ring (bicyclic) bond motifs is 2. The van der Waals surface area contributed by atoms with E-state index in [4.69, 9.17) is 29.0 Å². The van der Waals surface area contributed by atoms with Gasteiger partial charge in [0.2, 0.25) is 0 Å². The molecular weight excluding hydrogens is 954 g/mol. The van der Waals surface area contributed by atoms with Gasteiger partial charge in [-0.05, 0) is 84.8 Å². The van der Waals surface area contributed by atoms with E-state index in [-0.39, 0.29) is 35.0 Å². The number of alkyl halides is 6. The number of anilines is 2. The minimum atomic E-state index is -4.82. The van der Waals surface area contributed by atoms with E-state index in [2.05, 4.69) is 60.0 Å². The molecule has 21 heteroatoms. The standard InChI is InChI=1S/C22H28F3NO4SSi.C15H25NO2Si.C7H4ClF3O2S/c1-21(2,3)32(4,5)30-15-16-14-29-19-12-8-7-11-18(19)26(16)31(27,28)20-13-9-6-10-17(20)22(23,24)25;1-15(2,3)19(4,5)18-11-12-10-17-14-9-7-6-8-13(14)16-12;8-14(12,13)6-4-2-1-3-5(6)7(9,10)11/h6-13,16H,14-15H2,1-5H3;6-9,12,16H,10-11H2,1-5H3;1-4H. The van der Waals surface area contributed by atoms with Crippen LogP contribution in [0.5, 0.6) is 11.5 Å². The Morgan fingerprint density at radius 1 is 0.631 bits per heavy atom. The Labute approximate surface area is 385 Å². The number of hydrogen-bond donors (Lipinski definition) is 1. The van der Waals surface area contributed by atoms with Gasteiger partial charge in [-0.25, -0.2) is 16.8 Å². The van der Waals surface area contributed by atoms with Gasteiger partial charge >= 0.3 is 12.4 Å². The number of sulfonamides is 1. The lowest BCUT2D eigenvalue weighted by Crippen LogP contribution is -2.52. The van der Waals surface area contributed by atoms with Crippen LogP contribution in [0.3, 0.4) is 0 Å². The molecule has 0 bridgehead atoms. The first-order valence-corrected chi connectivity index (χ1v) is 30.0. The molecule has 6 rings (SSSR count). The molecule has 4 aromatic rings. The van der Waals surface area contributed by atoms with E-state index in [1.54, 1.807) is 18.2 Å². The van der Waals surface area contributed by atoms with Gasteiger partial charge in [0.25, 0.3) is 19.1 Å². The Morgan fingerprint density at radius 3 is 1.57 bits per heavy atom. The molecule has 2 atom stereocenters. The van der Waals surface area contributed by atoms with Gasteiger partial charge in [0.15, 0.2) is 16.6 Å². The second-order valence-electron chi connectivity index (χ2n) is 18.5. The van der Waals surface area contributed by atoms with Crippen LogP contribution in [0.4, 0.5) is 37.7 Å². The Morgan fingerprint density at radius 2 is 1.06 bits per heavy atom. The Hall–Kier alpha value is -3.80. The molecule has 1 N–H and O–H groups in total. The van der Waals surface area contributed by atoms with Crippen molar-refractivity contribution in [1.82, 2.24) is 0 Å². The second-order valence-corrected chi connectivity index (χ2v) is 32.4. The molecule has 10 nitrogen and oxygen atoms in total. The molecular formula is C44H57ClF6N2O8S2Si2. The number of ether oxygens (including phenoxy) is 2. The molecule has 2 aliphatic rings. The fourth-order valence-corrected chi connectivity index (χ4v) is 10.9. The number of halogens is 7. The zero-order valence-corrected chi connectivity index (χ0v) is 42.3. The topological polar surface area (TPSA) is 120 Å². The van der Waals surface area contributed by atoms with Crippen LogP contribution < -0.4 is 19.1 Å². The van der Waals surface area contributed by atoms with Gasteiger partial charge < -0.3 is 23.6 Å². The molecule has 0 spiro atoms. The van der Waals surface area contributed by atoms with Crippen molar-refractivity contribution in [2.45, 2.75) is 112 Å². The van der Waals surface area contributed by atoms with Crippen LogP contribution in [0.25, 0.3) is 0 Å². The third-order valence-corrected chi connectivity index (χ3v) is 23.9. The summed E-state index contributed by atoms with van der Waals surface area (Å²) in [6.07, 6.45) is -9.54. The van der Waals surface area contributed by atoms with E-state index in [0.717, 1.165) is 40.0 Å². The number of benzene rings is 4. The van der Waals surface area contributed by atoms with Crippen molar-refractivity contribution in [2.75, 3.05) is 36.0 Å². The summed E-state index contributed by atoms with van der Waals surface area (Å²) in [5.41, 5.74) is -1.19. The predicted octanol–water partition coefficient (Wildman–Crippen LogP) is 12.2. The molecule has 65 heavy (non-hydrogen) atoms.